The number of carbonyl (C=O) groups is 3. The molecule has 0 saturated heterocycles. The number of aliphatic hydroxyl groups is 1. The molecule has 9 nitrogen and oxygen atoms in total. The summed E-state index contributed by atoms with van der Waals surface area (Å²) in [5.41, 5.74) is 1.92. The maximum Gasteiger partial charge on any atom is 0.408 e. The highest BCUT2D eigenvalue weighted by Crippen LogP contribution is 2.28. The van der Waals surface area contributed by atoms with Crippen molar-refractivity contribution < 1.29 is 29.3 Å². The maximum atomic E-state index is 13.7. The van der Waals surface area contributed by atoms with Gasteiger partial charge in [-0.3, -0.25) is 9.59 Å². The van der Waals surface area contributed by atoms with Crippen LogP contribution in [0.1, 0.15) is 56.8 Å². The molecule has 2 aromatic rings. The third kappa shape index (κ3) is 7.71. The van der Waals surface area contributed by atoms with Gasteiger partial charge in [0.05, 0.1) is 6.61 Å². The second-order valence-electron chi connectivity index (χ2n) is 9.67. The van der Waals surface area contributed by atoms with Gasteiger partial charge in [-0.25, -0.2) is 4.79 Å². The summed E-state index contributed by atoms with van der Waals surface area (Å²) in [6.45, 7) is 10.1. The number of alkyl carbamates (subject to hydrolysis) is 1. The molecule has 2 rings (SSSR count). The smallest absolute Gasteiger partial charge is 0.408 e. The second kappa shape index (κ2) is 12.4. The van der Waals surface area contributed by atoms with Crippen LogP contribution in [0.4, 0.5) is 10.5 Å². The lowest BCUT2D eigenvalue weighted by Gasteiger charge is -2.34. The third-order valence-electron chi connectivity index (χ3n) is 5.39. The lowest BCUT2D eigenvalue weighted by atomic mass is 10.0. The summed E-state index contributed by atoms with van der Waals surface area (Å²) in [5, 5.41) is 25.4. The molecule has 0 spiro atoms. The van der Waals surface area contributed by atoms with E-state index in [4.69, 9.17) is 4.74 Å². The predicted molar refractivity (Wildman–Crippen MR) is 138 cm³/mol. The van der Waals surface area contributed by atoms with Crippen LogP contribution in [-0.2, 0) is 14.3 Å². The van der Waals surface area contributed by atoms with Gasteiger partial charge in [-0.15, -0.1) is 0 Å². The van der Waals surface area contributed by atoms with Gasteiger partial charge in [-0.1, -0.05) is 37.3 Å². The van der Waals surface area contributed by atoms with Crippen molar-refractivity contribution in [3.05, 3.63) is 59.2 Å². The Bertz CT molecular complexity index is 1060. The number of aromatic hydroxyl groups is 1. The molecule has 0 aliphatic carbocycles. The summed E-state index contributed by atoms with van der Waals surface area (Å²) in [6.07, 6.45) is -0.359. The lowest BCUT2D eigenvalue weighted by molar-refractivity contribution is -0.141. The van der Waals surface area contributed by atoms with Gasteiger partial charge in [0.2, 0.25) is 5.91 Å². The number of phenolic OH excluding ortho intramolecular Hbond substituents is 1. The first-order valence-electron chi connectivity index (χ1n) is 11.9. The van der Waals surface area contributed by atoms with Crippen molar-refractivity contribution in [1.29, 1.82) is 0 Å². The van der Waals surface area contributed by atoms with E-state index in [2.05, 4.69) is 10.6 Å². The lowest BCUT2D eigenvalue weighted by Crippen LogP contribution is -2.54. The number of carbonyl (C=O) groups excluding carboxylic acids is 3. The molecule has 4 N–H and O–H groups in total. The minimum atomic E-state index is -1.33. The van der Waals surface area contributed by atoms with Crippen molar-refractivity contribution in [1.82, 2.24) is 10.2 Å². The van der Waals surface area contributed by atoms with Crippen molar-refractivity contribution in [3.8, 4) is 5.75 Å². The van der Waals surface area contributed by atoms with E-state index < -0.39 is 42.2 Å². The number of rotatable bonds is 9. The van der Waals surface area contributed by atoms with E-state index >= 15 is 0 Å². The van der Waals surface area contributed by atoms with Crippen LogP contribution in [0.2, 0.25) is 0 Å². The van der Waals surface area contributed by atoms with Gasteiger partial charge >= 0.3 is 6.09 Å². The number of hydrogen-bond donors (Lipinski definition) is 4. The summed E-state index contributed by atoms with van der Waals surface area (Å²) in [6, 6.07) is 9.25. The topological polar surface area (TPSA) is 128 Å². The van der Waals surface area contributed by atoms with Crippen LogP contribution in [0, 0.1) is 13.8 Å². The molecule has 9 heteroatoms. The molecular formula is C27H37N3O6. The van der Waals surface area contributed by atoms with Crippen molar-refractivity contribution in [2.45, 2.75) is 65.6 Å². The van der Waals surface area contributed by atoms with Crippen LogP contribution in [-0.4, -0.2) is 57.8 Å². The van der Waals surface area contributed by atoms with E-state index in [-0.39, 0.29) is 12.3 Å². The maximum absolute atomic E-state index is 13.7. The molecule has 0 bridgehead atoms. The first kappa shape index (κ1) is 28.6. The quantitative estimate of drug-likeness (QED) is 0.415. The average molecular weight is 500 g/mol. The number of nitrogens with one attached hydrogen (secondary N) is 2. The Morgan fingerprint density at radius 2 is 1.67 bits per heavy atom. The van der Waals surface area contributed by atoms with Crippen LogP contribution in [0.25, 0.3) is 0 Å². The summed E-state index contributed by atoms with van der Waals surface area (Å²) in [7, 11) is 0. The van der Waals surface area contributed by atoms with Crippen LogP contribution < -0.4 is 10.6 Å². The molecule has 0 fully saturated rings. The number of hydrogen-bond acceptors (Lipinski definition) is 6. The zero-order valence-corrected chi connectivity index (χ0v) is 21.8. The summed E-state index contributed by atoms with van der Waals surface area (Å²) in [5.74, 6) is -1.21. The van der Waals surface area contributed by atoms with Gasteiger partial charge in [0.25, 0.3) is 5.91 Å². The number of anilines is 1. The fourth-order valence-electron chi connectivity index (χ4n) is 3.81. The predicted octanol–water partition coefficient (Wildman–Crippen LogP) is 3.81. The highest BCUT2D eigenvalue weighted by Gasteiger charge is 2.36. The highest BCUT2D eigenvalue weighted by atomic mass is 16.6. The largest absolute Gasteiger partial charge is 0.508 e. The Kier molecular flexibility index (Phi) is 9.86. The van der Waals surface area contributed by atoms with E-state index in [1.165, 1.54) is 17.0 Å². The second-order valence-corrected chi connectivity index (χ2v) is 9.67. The number of aliphatic hydroxyl groups excluding tert-OH is 1. The Hall–Kier alpha value is -3.59. The number of para-hydroxylation sites is 1. The Balaban J connectivity index is 2.48. The molecular weight excluding hydrogens is 462 g/mol. The molecule has 196 valence electrons. The molecule has 0 radical (unpaired) electrons. The van der Waals surface area contributed by atoms with Crippen molar-refractivity contribution in [2.24, 2.45) is 0 Å². The molecule has 2 aromatic carbocycles. The van der Waals surface area contributed by atoms with Crippen molar-refractivity contribution >= 4 is 23.6 Å². The first-order chi connectivity index (χ1) is 16.9. The standard InChI is InChI=1S/C27H37N3O6/c1-7-14-30(25(34)21(16-31)28-26(35)36-27(4,5)6)23(19-12-9-13-20(32)15-19)24(33)29-22-17(2)10-8-11-18(22)3/h8-13,15,21,23,31-32H,7,14,16H2,1-6H3,(H,28,35)(H,29,33). The number of nitrogens with zero attached hydrogens (tertiary/aromatic N) is 1. The van der Waals surface area contributed by atoms with E-state index in [0.29, 0.717) is 17.7 Å². The Labute approximate surface area is 212 Å². The van der Waals surface area contributed by atoms with Gasteiger partial charge in [0.15, 0.2) is 0 Å². The highest BCUT2D eigenvalue weighted by molar-refractivity contribution is 6.00. The Morgan fingerprint density at radius 3 is 2.19 bits per heavy atom. The SMILES string of the molecule is CCCN(C(=O)C(CO)NC(=O)OC(C)(C)C)C(C(=O)Nc1c(C)cccc1C)c1cccc(O)c1. The normalized spacial score (nSPS) is 12.9. The van der Waals surface area contributed by atoms with E-state index in [0.717, 1.165) is 11.1 Å². The molecule has 2 unspecified atom stereocenters. The van der Waals surface area contributed by atoms with Gasteiger partial charge in [0.1, 0.15) is 23.4 Å². The monoisotopic (exact) mass is 499 g/mol. The van der Waals surface area contributed by atoms with E-state index in [1.807, 2.05) is 39.0 Å². The van der Waals surface area contributed by atoms with Gasteiger partial charge < -0.3 is 30.5 Å². The molecule has 0 aromatic heterocycles. The third-order valence-corrected chi connectivity index (χ3v) is 5.39. The molecule has 0 saturated carbocycles. The molecule has 0 heterocycles. The Morgan fingerprint density at radius 1 is 1.06 bits per heavy atom. The number of ether oxygens (including phenoxy) is 1. The average Bonchev–Trinajstić information content (AvgIpc) is 2.78. The number of phenols is 1. The van der Waals surface area contributed by atoms with Gasteiger partial charge in [-0.2, -0.15) is 0 Å². The van der Waals surface area contributed by atoms with Gasteiger partial charge in [-0.05, 0) is 69.9 Å². The zero-order valence-electron chi connectivity index (χ0n) is 21.8. The fourth-order valence-corrected chi connectivity index (χ4v) is 3.81. The minimum absolute atomic E-state index is 0.0631. The van der Waals surface area contributed by atoms with Crippen LogP contribution in [0.3, 0.4) is 0 Å². The van der Waals surface area contributed by atoms with Crippen molar-refractivity contribution in [3.63, 3.8) is 0 Å². The van der Waals surface area contributed by atoms with Crippen molar-refractivity contribution in [2.75, 3.05) is 18.5 Å². The van der Waals surface area contributed by atoms with Gasteiger partial charge in [0, 0.05) is 12.2 Å². The van der Waals surface area contributed by atoms with E-state index in [9.17, 15) is 24.6 Å². The first-order valence-corrected chi connectivity index (χ1v) is 11.9. The summed E-state index contributed by atoms with van der Waals surface area (Å²) in [4.78, 5) is 40.9. The van der Waals surface area contributed by atoms with Crippen LogP contribution >= 0.6 is 0 Å². The zero-order chi connectivity index (χ0) is 27.0. The van der Waals surface area contributed by atoms with E-state index in [1.54, 1.807) is 32.9 Å². The molecule has 36 heavy (non-hydrogen) atoms. The van der Waals surface area contributed by atoms with Crippen LogP contribution in [0.15, 0.2) is 42.5 Å². The molecule has 0 aliphatic rings. The number of benzene rings is 2. The van der Waals surface area contributed by atoms with Crippen LogP contribution in [0.5, 0.6) is 5.75 Å². The molecule has 2 atom stereocenters. The summed E-state index contributed by atoms with van der Waals surface area (Å²) < 4.78 is 5.23. The number of amides is 3. The fraction of sp³-hybridized carbons (Fsp3) is 0.444. The molecule has 0 aliphatic heterocycles. The summed E-state index contributed by atoms with van der Waals surface area (Å²) >= 11 is 0. The minimum Gasteiger partial charge on any atom is -0.508 e. The molecule has 3 amide bonds. The number of aryl methyl sites for hydroxylation is 2.